The molecule has 112 valence electrons. The second-order valence-electron chi connectivity index (χ2n) is 7.28. The first-order valence-corrected chi connectivity index (χ1v) is 8.80. The third kappa shape index (κ3) is 2.24. The summed E-state index contributed by atoms with van der Waals surface area (Å²) in [5, 5.41) is 8.38. The Morgan fingerprint density at radius 3 is 1.61 bits per heavy atom. The molecule has 0 bridgehead atoms. The molecule has 0 atom stereocenters. The van der Waals surface area contributed by atoms with Crippen LogP contribution in [0.15, 0.2) is 48.5 Å². The van der Waals surface area contributed by atoms with Crippen molar-refractivity contribution in [3.8, 4) is 0 Å². The Hall–Kier alpha value is -1.95. The summed E-state index contributed by atoms with van der Waals surface area (Å²) in [5.41, 5.74) is 2.88. The normalized spacial score (nSPS) is 11.9. The molecule has 0 N–H and O–H groups in total. The molecule has 4 rings (SSSR count). The molecule has 0 aliphatic heterocycles. The molecule has 4 aromatic carbocycles. The Morgan fingerprint density at radius 2 is 1.22 bits per heavy atom. The first-order chi connectivity index (χ1) is 11.1. The van der Waals surface area contributed by atoms with Crippen LogP contribution in [0.2, 0.25) is 19.5 Å². The van der Waals surface area contributed by atoms with Crippen LogP contribution in [0.1, 0.15) is 13.8 Å². The monoisotopic (exact) mass is 296 g/mol. The van der Waals surface area contributed by atoms with Gasteiger partial charge in [0.15, 0.2) is 14.0 Å². The molecule has 0 saturated heterocycles. The van der Waals surface area contributed by atoms with Gasteiger partial charge in [-0.25, -0.2) is 0 Å². The fourth-order valence-corrected chi connectivity index (χ4v) is 3.78. The topological polar surface area (TPSA) is 0 Å². The van der Waals surface area contributed by atoms with Crippen molar-refractivity contribution in [2.24, 2.45) is 0 Å². The van der Waals surface area contributed by atoms with Gasteiger partial charge in [-0.15, -0.1) is 0 Å². The van der Waals surface area contributed by atoms with Crippen molar-refractivity contribution in [2.45, 2.75) is 33.3 Å². The summed E-state index contributed by atoms with van der Waals surface area (Å²) >= 11 is 0. The van der Waals surface area contributed by atoms with E-state index in [1.165, 1.54) is 43.2 Å². The van der Waals surface area contributed by atoms with Gasteiger partial charge in [-0.2, -0.15) is 0 Å². The van der Waals surface area contributed by atoms with E-state index in [1.807, 2.05) is 0 Å². The molecule has 0 amide bonds. The van der Waals surface area contributed by atoms with Crippen LogP contribution in [0.25, 0.3) is 32.3 Å². The zero-order valence-corrected chi connectivity index (χ0v) is 14.5. The highest BCUT2D eigenvalue weighted by Gasteiger charge is 2.17. The third-order valence-corrected chi connectivity index (χ3v) is 5.55. The van der Waals surface area contributed by atoms with E-state index < -0.39 is 0 Å². The maximum absolute atomic E-state index is 2.40. The van der Waals surface area contributed by atoms with Gasteiger partial charge in [-0.3, -0.25) is 0 Å². The van der Waals surface area contributed by atoms with Crippen LogP contribution in [-0.2, 0) is 0 Å². The Labute approximate surface area is 139 Å². The number of rotatable bonds is 3. The first-order valence-electron chi connectivity index (χ1n) is 8.80. The molecule has 0 radical (unpaired) electrons. The molecule has 0 nitrogen and oxygen atoms in total. The standard InChI is InChI=1S/C21H22B2/c1-13(2)23(4)19-11-16-7-5-14-9-18(22-3)10-15-6-8-17(12-19)21(16)20(14)15/h5-13,22H,1-4H3. The summed E-state index contributed by atoms with van der Waals surface area (Å²) in [5.74, 6) is 0.662. The molecule has 2 heteroatoms. The van der Waals surface area contributed by atoms with Gasteiger partial charge in [-0.1, -0.05) is 92.8 Å². The molecule has 4 aromatic rings. The van der Waals surface area contributed by atoms with Crippen molar-refractivity contribution >= 4 is 57.2 Å². The molecule has 23 heavy (non-hydrogen) atoms. The second kappa shape index (κ2) is 5.30. The predicted molar refractivity (Wildman–Crippen MR) is 109 cm³/mol. The lowest BCUT2D eigenvalue weighted by Gasteiger charge is -2.17. The lowest BCUT2D eigenvalue weighted by atomic mass is 9.40. The summed E-state index contributed by atoms with van der Waals surface area (Å²) in [4.78, 5) is 0. The smallest absolute Gasteiger partial charge is 0.0849 e. The molecule has 0 aromatic heterocycles. The molecule has 0 unspecified atom stereocenters. The van der Waals surface area contributed by atoms with Crippen LogP contribution < -0.4 is 10.9 Å². The van der Waals surface area contributed by atoms with Crippen molar-refractivity contribution < 1.29 is 0 Å². The maximum atomic E-state index is 2.40. The molecule has 0 aliphatic carbocycles. The van der Waals surface area contributed by atoms with Crippen LogP contribution in [0.5, 0.6) is 0 Å². The van der Waals surface area contributed by atoms with E-state index in [4.69, 9.17) is 0 Å². The molecular formula is C21H22B2. The Kier molecular flexibility index (Phi) is 3.37. The SMILES string of the molecule is CBc1cc2ccc3cc(B(C)C(C)C)cc4ccc(c1)c2c34. The zero-order chi connectivity index (χ0) is 16.1. The average molecular weight is 296 g/mol. The van der Waals surface area contributed by atoms with Crippen molar-refractivity contribution in [1.29, 1.82) is 0 Å². The fourth-order valence-electron chi connectivity index (χ4n) is 3.78. The van der Waals surface area contributed by atoms with Gasteiger partial charge >= 0.3 is 0 Å². The van der Waals surface area contributed by atoms with Crippen molar-refractivity contribution in [1.82, 2.24) is 0 Å². The summed E-state index contributed by atoms with van der Waals surface area (Å²) in [6.07, 6.45) is 0. The highest BCUT2D eigenvalue weighted by atomic mass is 14.1. The van der Waals surface area contributed by atoms with E-state index in [0.29, 0.717) is 12.5 Å². The van der Waals surface area contributed by atoms with Crippen LogP contribution in [-0.4, -0.2) is 14.0 Å². The van der Waals surface area contributed by atoms with E-state index in [-0.39, 0.29) is 0 Å². The van der Waals surface area contributed by atoms with Crippen LogP contribution >= 0.6 is 0 Å². The maximum Gasteiger partial charge on any atom is 0.175 e. The highest BCUT2D eigenvalue weighted by molar-refractivity contribution is 6.73. The Bertz CT molecular complexity index is 934. The minimum Gasteiger partial charge on any atom is -0.0849 e. The lowest BCUT2D eigenvalue weighted by molar-refractivity contribution is 1.05. The Morgan fingerprint density at radius 1 is 0.783 bits per heavy atom. The molecular weight excluding hydrogens is 274 g/mol. The van der Waals surface area contributed by atoms with Gasteiger partial charge in [0.1, 0.15) is 0 Å². The summed E-state index contributed by atoms with van der Waals surface area (Å²) in [6, 6.07) is 18.7. The van der Waals surface area contributed by atoms with Crippen molar-refractivity contribution in [3.05, 3.63) is 48.5 Å². The minimum atomic E-state index is 0.587. The second-order valence-corrected chi connectivity index (χ2v) is 7.28. The zero-order valence-electron chi connectivity index (χ0n) is 14.5. The van der Waals surface area contributed by atoms with Gasteiger partial charge in [0.05, 0.1) is 0 Å². The number of hydrogen-bond acceptors (Lipinski definition) is 0. The quantitative estimate of drug-likeness (QED) is 0.387. The first kappa shape index (κ1) is 14.6. The molecule has 0 fully saturated rings. The van der Waals surface area contributed by atoms with Gasteiger partial charge in [-0.05, 0) is 32.3 Å². The van der Waals surface area contributed by atoms with E-state index >= 15 is 0 Å². The van der Waals surface area contributed by atoms with E-state index in [9.17, 15) is 0 Å². The summed E-state index contributed by atoms with van der Waals surface area (Å²) in [7, 11) is 1.09. The third-order valence-electron chi connectivity index (χ3n) is 5.55. The molecule has 0 saturated carbocycles. The molecule has 0 spiro atoms. The van der Waals surface area contributed by atoms with Crippen LogP contribution in [0, 0.1) is 0 Å². The Balaban J connectivity index is 2.09. The lowest BCUT2D eigenvalue weighted by Crippen LogP contribution is -2.29. The molecule has 0 heterocycles. The van der Waals surface area contributed by atoms with Gasteiger partial charge < -0.3 is 0 Å². The average Bonchev–Trinajstić information content (AvgIpc) is 2.57. The fraction of sp³-hybridized carbons (Fsp3) is 0.238. The number of benzene rings is 4. The van der Waals surface area contributed by atoms with Gasteiger partial charge in [0.25, 0.3) is 0 Å². The predicted octanol–water partition coefficient (Wildman–Crippen LogP) is 4.44. The minimum absolute atomic E-state index is 0.587. The summed E-state index contributed by atoms with van der Waals surface area (Å²) < 4.78 is 0. The van der Waals surface area contributed by atoms with E-state index in [1.54, 1.807) is 0 Å². The van der Waals surface area contributed by atoms with Gasteiger partial charge in [0, 0.05) is 0 Å². The van der Waals surface area contributed by atoms with Crippen LogP contribution in [0.4, 0.5) is 0 Å². The van der Waals surface area contributed by atoms with E-state index in [2.05, 4.69) is 76.0 Å². The summed E-state index contributed by atoms with van der Waals surface area (Å²) in [6.45, 7) is 9.77. The molecule has 0 aliphatic rings. The van der Waals surface area contributed by atoms with Crippen molar-refractivity contribution in [2.75, 3.05) is 0 Å². The number of hydrogen-bond donors (Lipinski definition) is 0. The largest absolute Gasteiger partial charge is 0.175 e. The van der Waals surface area contributed by atoms with Gasteiger partial charge in [0.2, 0.25) is 0 Å². The van der Waals surface area contributed by atoms with Crippen LogP contribution in [0.3, 0.4) is 0 Å². The van der Waals surface area contributed by atoms with Crippen molar-refractivity contribution in [3.63, 3.8) is 0 Å². The highest BCUT2D eigenvalue weighted by Crippen LogP contribution is 2.33. The van der Waals surface area contributed by atoms with E-state index in [0.717, 1.165) is 7.28 Å².